The number of nitrogens with zero attached hydrogens (tertiary/aromatic N) is 1. The maximum Gasteiger partial charge on any atom is 0.139 e. The molecule has 1 atom stereocenters. The summed E-state index contributed by atoms with van der Waals surface area (Å²) in [6.45, 7) is -0.791. The van der Waals surface area contributed by atoms with Gasteiger partial charge in [0.05, 0.1) is 11.6 Å². The minimum Gasteiger partial charge on any atom is -0.506 e. The second-order valence-corrected chi connectivity index (χ2v) is 3.58. The first-order valence-electron chi connectivity index (χ1n) is 3.84. The number of alkyl halides is 1. The normalized spacial score (nSPS) is 11.3. The van der Waals surface area contributed by atoms with Crippen molar-refractivity contribution in [2.75, 3.05) is 6.67 Å². The summed E-state index contributed by atoms with van der Waals surface area (Å²) in [5.74, 6) is -0.257. The molecule has 15 heavy (non-hydrogen) atoms. The third-order valence-corrected chi connectivity index (χ3v) is 2.51. The number of nitriles is 1. The van der Waals surface area contributed by atoms with Gasteiger partial charge in [0.15, 0.2) is 0 Å². The SMILES string of the molecule is Cl.N#Cc1ccc(Br)c([C@H](N)CF)c1O. The fourth-order valence-corrected chi connectivity index (χ4v) is 1.72. The van der Waals surface area contributed by atoms with Gasteiger partial charge in [-0.25, -0.2) is 4.39 Å². The lowest BCUT2D eigenvalue weighted by Crippen LogP contribution is -2.13. The van der Waals surface area contributed by atoms with Crippen LogP contribution in [0.3, 0.4) is 0 Å². The number of benzene rings is 1. The summed E-state index contributed by atoms with van der Waals surface area (Å²) in [6, 6.07) is 3.87. The average Bonchev–Trinajstić information content (AvgIpc) is 2.18. The molecule has 1 aromatic rings. The van der Waals surface area contributed by atoms with E-state index in [1.54, 1.807) is 12.1 Å². The van der Waals surface area contributed by atoms with E-state index in [2.05, 4.69) is 15.9 Å². The van der Waals surface area contributed by atoms with Crippen molar-refractivity contribution in [1.82, 2.24) is 0 Å². The van der Waals surface area contributed by atoms with E-state index in [4.69, 9.17) is 11.0 Å². The Morgan fingerprint density at radius 3 is 2.67 bits per heavy atom. The highest BCUT2D eigenvalue weighted by molar-refractivity contribution is 9.10. The first kappa shape index (κ1) is 14.2. The van der Waals surface area contributed by atoms with E-state index in [0.717, 1.165) is 0 Å². The van der Waals surface area contributed by atoms with Crippen LogP contribution in [0.4, 0.5) is 4.39 Å². The van der Waals surface area contributed by atoms with E-state index in [9.17, 15) is 9.50 Å². The number of halogens is 3. The van der Waals surface area contributed by atoms with Gasteiger partial charge in [-0.15, -0.1) is 12.4 Å². The number of phenols is 1. The van der Waals surface area contributed by atoms with Gasteiger partial charge >= 0.3 is 0 Å². The van der Waals surface area contributed by atoms with Gasteiger partial charge in [0.25, 0.3) is 0 Å². The lowest BCUT2D eigenvalue weighted by Gasteiger charge is -2.12. The van der Waals surface area contributed by atoms with Crippen LogP contribution in [0.15, 0.2) is 16.6 Å². The average molecular weight is 296 g/mol. The Balaban J connectivity index is 0.00000196. The molecule has 1 rings (SSSR count). The van der Waals surface area contributed by atoms with Crippen molar-refractivity contribution in [2.24, 2.45) is 5.73 Å². The summed E-state index contributed by atoms with van der Waals surface area (Å²) < 4.78 is 12.8. The van der Waals surface area contributed by atoms with Gasteiger partial charge in [-0.05, 0) is 12.1 Å². The Morgan fingerprint density at radius 2 is 2.20 bits per heavy atom. The molecule has 0 bridgehead atoms. The molecule has 0 aliphatic carbocycles. The minimum absolute atomic E-state index is 0. The molecule has 0 fully saturated rings. The molecule has 0 heterocycles. The summed E-state index contributed by atoms with van der Waals surface area (Å²) in [4.78, 5) is 0. The molecule has 3 nitrogen and oxygen atoms in total. The summed E-state index contributed by atoms with van der Waals surface area (Å²) in [5.41, 5.74) is 5.76. The minimum atomic E-state index is -0.919. The van der Waals surface area contributed by atoms with Crippen LogP contribution in [0, 0.1) is 11.3 Å². The van der Waals surface area contributed by atoms with Crippen LogP contribution in [0.2, 0.25) is 0 Å². The van der Waals surface area contributed by atoms with Crippen molar-refractivity contribution in [2.45, 2.75) is 6.04 Å². The molecule has 0 aliphatic rings. The molecule has 0 unspecified atom stereocenters. The summed E-state index contributed by atoms with van der Waals surface area (Å²) >= 11 is 3.14. The monoisotopic (exact) mass is 294 g/mol. The predicted octanol–water partition coefficient (Wildman–Crippen LogP) is 2.42. The van der Waals surface area contributed by atoms with E-state index >= 15 is 0 Å². The smallest absolute Gasteiger partial charge is 0.139 e. The molecular weight excluding hydrogens is 286 g/mol. The highest BCUT2D eigenvalue weighted by atomic mass is 79.9. The van der Waals surface area contributed by atoms with Gasteiger partial charge in [0.1, 0.15) is 18.5 Å². The van der Waals surface area contributed by atoms with Crippen molar-refractivity contribution >= 4 is 28.3 Å². The van der Waals surface area contributed by atoms with Crippen molar-refractivity contribution in [3.8, 4) is 11.8 Å². The molecule has 0 saturated carbocycles. The molecule has 0 aromatic heterocycles. The van der Waals surface area contributed by atoms with Crippen molar-refractivity contribution < 1.29 is 9.50 Å². The summed E-state index contributed by atoms with van der Waals surface area (Å²) in [6.07, 6.45) is 0. The number of aromatic hydroxyl groups is 1. The van der Waals surface area contributed by atoms with Crippen LogP contribution in [-0.4, -0.2) is 11.8 Å². The second-order valence-electron chi connectivity index (χ2n) is 2.73. The molecule has 82 valence electrons. The largest absolute Gasteiger partial charge is 0.506 e. The van der Waals surface area contributed by atoms with Crippen LogP contribution in [0.25, 0.3) is 0 Å². The Labute approximate surface area is 101 Å². The van der Waals surface area contributed by atoms with Crippen molar-refractivity contribution in [1.29, 1.82) is 5.26 Å². The molecule has 0 radical (unpaired) electrons. The highest BCUT2D eigenvalue weighted by Crippen LogP contribution is 2.33. The molecule has 3 N–H and O–H groups in total. The zero-order chi connectivity index (χ0) is 10.7. The van der Waals surface area contributed by atoms with Crippen LogP contribution >= 0.6 is 28.3 Å². The molecular formula is C9H9BrClFN2O. The molecule has 0 spiro atoms. The molecule has 0 aliphatic heterocycles. The maximum atomic E-state index is 12.3. The lowest BCUT2D eigenvalue weighted by atomic mass is 10.0. The fourth-order valence-electron chi connectivity index (χ4n) is 1.10. The van der Waals surface area contributed by atoms with Gasteiger partial charge in [0.2, 0.25) is 0 Å². The van der Waals surface area contributed by atoms with Gasteiger partial charge in [-0.2, -0.15) is 5.26 Å². The van der Waals surface area contributed by atoms with Crippen LogP contribution < -0.4 is 5.73 Å². The van der Waals surface area contributed by atoms with E-state index in [0.29, 0.717) is 4.47 Å². The molecule has 1 aromatic carbocycles. The zero-order valence-corrected chi connectivity index (χ0v) is 9.98. The first-order chi connectivity index (χ1) is 6.61. The van der Waals surface area contributed by atoms with E-state index < -0.39 is 12.7 Å². The Kier molecular flexibility index (Phi) is 5.58. The van der Waals surface area contributed by atoms with Gasteiger partial charge in [0, 0.05) is 10.0 Å². The number of rotatable bonds is 2. The zero-order valence-electron chi connectivity index (χ0n) is 7.58. The van der Waals surface area contributed by atoms with Crippen molar-refractivity contribution in [3.05, 3.63) is 27.7 Å². The topological polar surface area (TPSA) is 70.0 Å². The van der Waals surface area contributed by atoms with Gasteiger partial charge < -0.3 is 10.8 Å². The number of phenolic OH excluding ortho intramolecular Hbond substituents is 1. The quantitative estimate of drug-likeness (QED) is 0.880. The Morgan fingerprint density at radius 1 is 1.60 bits per heavy atom. The van der Waals surface area contributed by atoms with E-state index in [1.165, 1.54) is 6.07 Å². The lowest BCUT2D eigenvalue weighted by molar-refractivity contribution is 0.413. The Bertz CT molecular complexity index is 394. The predicted molar refractivity (Wildman–Crippen MR) is 60.7 cm³/mol. The number of hydrogen-bond donors (Lipinski definition) is 2. The van der Waals surface area contributed by atoms with Crippen LogP contribution in [-0.2, 0) is 0 Å². The van der Waals surface area contributed by atoms with Crippen LogP contribution in [0.1, 0.15) is 17.2 Å². The number of nitrogens with two attached hydrogens (primary N) is 1. The Hall–Kier alpha value is -0.830. The third-order valence-electron chi connectivity index (χ3n) is 1.82. The van der Waals surface area contributed by atoms with Gasteiger partial charge in [-0.3, -0.25) is 0 Å². The summed E-state index contributed by atoms with van der Waals surface area (Å²) in [7, 11) is 0. The molecule has 0 amide bonds. The number of hydrogen-bond acceptors (Lipinski definition) is 3. The van der Waals surface area contributed by atoms with E-state index in [-0.39, 0.29) is 29.3 Å². The summed E-state index contributed by atoms with van der Waals surface area (Å²) in [5, 5.41) is 18.2. The van der Waals surface area contributed by atoms with Gasteiger partial charge in [-0.1, -0.05) is 15.9 Å². The standard InChI is InChI=1S/C9H8BrFN2O.ClH/c10-6-2-1-5(4-12)9(14)8(6)7(13)3-11;/h1-2,7,14H,3,13H2;1H/t7-;/m1./s1. The third kappa shape index (κ3) is 2.81. The van der Waals surface area contributed by atoms with E-state index in [1.807, 2.05) is 0 Å². The fraction of sp³-hybridized carbons (Fsp3) is 0.222. The molecule has 6 heteroatoms. The first-order valence-corrected chi connectivity index (χ1v) is 4.64. The maximum absolute atomic E-state index is 12.3. The molecule has 0 saturated heterocycles. The highest BCUT2D eigenvalue weighted by Gasteiger charge is 2.17. The van der Waals surface area contributed by atoms with Crippen LogP contribution in [0.5, 0.6) is 5.75 Å². The van der Waals surface area contributed by atoms with Crippen molar-refractivity contribution in [3.63, 3.8) is 0 Å². The second kappa shape index (κ2) is 5.91.